The molecule has 0 N–H and O–H groups in total. The van der Waals surface area contributed by atoms with Gasteiger partial charge in [-0.2, -0.15) is 4.98 Å². The van der Waals surface area contributed by atoms with Gasteiger partial charge in [-0.3, -0.25) is 4.79 Å². The van der Waals surface area contributed by atoms with Crippen molar-refractivity contribution in [1.82, 2.24) is 15.0 Å². The molecule has 2 atom stereocenters. The lowest BCUT2D eigenvalue weighted by Gasteiger charge is -2.33. The molecule has 1 aromatic heterocycles. The molecule has 126 valence electrons. The van der Waals surface area contributed by atoms with Crippen molar-refractivity contribution in [2.45, 2.75) is 49.9 Å². The maximum absolute atomic E-state index is 12.6. The topological polar surface area (TPSA) is 59.2 Å². The molecule has 3 heterocycles. The summed E-state index contributed by atoms with van der Waals surface area (Å²) in [5.74, 6) is 2.20. The van der Waals surface area contributed by atoms with Gasteiger partial charge >= 0.3 is 0 Å². The van der Waals surface area contributed by atoms with E-state index in [1.165, 1.54) is 5.56 Å². The van der Waals surface area contributed by atoms with Gasteiger partial charge in [0.25, 0.3) is 0 Å². The van der Waals surface area contributed by atoms with Gasteiger partial charge in [-0.25, -0.2) is 0 Å². The Morgan fingerprint density at radius 3 is 2.71 bits per heavy atom. The number of aromatic nitrogens is 2. The Morgan fingerprint density at radius 1 is 1.29 bits per heavy atom. The molecule has 5 nitrogen and oxygen atoms in total. The fourth-order valence-electron chi connectivity index (χ4n) is 3.50. The van der Waals surface area contributed by atoms with Gasteiger partial charge in [-0.1, -0.05) is 56.3 Å². The van der Waals surface area contributed by atoms with Gasteiger partial charge in [0.15, 0.2) is 5.82 Å². The fourth-order valence-corrected chi connectivity index (χ4v) is 5.14. The molecule has 2 saturated heterocycles. The molecule has 1 aromatic carbocycles. The van der Waals surface area contributed by atoms with Crippen molar-refractivity contribution in [3.8, 4) is 0 Å². The second kappa shape index (κ2) is 5.34. The molecule has 0 spiro atoms. The minimum atomic E-state index is -0.292. The molecular weight excluding hydrogens is 322 g/mol. The van der Waals surface area contributed by atoms with Crippen LogP contribution in [0.3, 0.4) is 0 Å². The van der Waals surface area contributed by atoms with Crippen molar-refractivity contribution >= 4 is 17.7 Å². The van der Waals surface area contributed by atoms with E-state index in [4.69, 9.17) is 4.52 Å². The molecule has 0 unspecified atom stereocenters. The molecule has 2 aromatic rings. The Bertz CT molecular complexity index is 768. The summed E-state index contributed by atoms with van der Waals surface area (Å²) in [5.41, 5.74) is 1.01. The first-order chi connectivity index (χ1) is 11.4. The van der Waals surface area contributed by atoms with E-state index in [-0.39, 0.29) is 22.2 Å². The SMILES string of the molecule is CC(C)(C)c1noc([C@H]2CS[C@]3(c4ccccc4)CCC(=O)N23)n1. The molecule has 0 saturated carbocycles. The average molecular weight is 343 g/mol. The molecular formula is C18H21N3O2S. The molecule has 0 bridgehead atoms. The van der Waals surface area contributed by atoms with Gasteiger partial charge in [-0.15, -0.1) is 11.8 Å². The lowest BCUT2D eigenvalue weighted by Crippen LogP contribution is -2.38. The van der Waals surface area contributed by atoms with E-state index < -0.39 is 0 Å². The van der Waals surface area contributed by atoms with E-state index in [0.717, 1.165) is 12.2 Å². The van der Waals surface area contributed by atoms with Gasteiger partial charge in [0.1, 0.15) is 10.9 Å². The van der Waals surface area contributed by atoms with E-state index in [1.54, 1.807) is 0 Å². The Morgan fingerprint density at radius 2 is 2.04 bits per heavy atom. The van der Waals surface area contributed by atoms with Crippen LogP contribution in [0, 0.1) is 0 Å². The highest BCUT2D eigenvalue weighted by Gasteiger charge is 2.56. The molecule has 0 aliphatic carbocycles. The third-order valence-electron chi connectivity index (χ3n) is 4.75. The van der Waals surface area contributed by atoms with Crippen molar-refractivity contribution < 1.29 is 9.32 Å². The lowest BCUT2D eigenvalue weighted by molar-refractivity contribution is -0.131. The first-order valence-electron chi connectivity index (χ1n) is 8.27. The third-order valence-corrected chi connectivity index (χ3v) is 6.35. The Hall–Kier alpha value is -1.82. The van der Waals surface area contributed by atoms with E-state index >= 15 is 0 Å². The van der Waals surface area contributed by atoms with Crippen molar-refractivity contribution in [1.29, 1.82) is 0 Å². The zero-order valence-electron chi connectivity index (χ0n) is 14.2. The second-order valence-electron chi connectivity index (χ2n) is 7.45. The number of nitrogens with zero attached hydrogens (tertiary/aromatic N) is 3. The third kappa shape index (κ3) is 2.27. The van der Waals surface area contributed by atoms with E-state index in [2.05, 4.69) is 43.0 Å². The van der Waals surface area contributed by atoms with Gasteiger partial charge in [0, 0.05) is 17.6 Å². The van der Waals surface area contributed by atoms with Crippen molar-refractivity contribution in [2.24, 2.45) is 0 Å². The smallest absolute Gasteiger partial charge is 0.250 e. The van der Waals surface area contributed by atoms with Crippen molar-refractivity contribution in [2.75, 3.05) is 5.75 Å². The van der Waals surface area contributed by atoms with Crippen LogP contribution >= 0.6 is 11.8 Å². The minimum absolute atomic E-state index is 0.145. The summed E-state index contributed by atoms with van der Waals surface area (Å²) < 4.78 is 5.54. The number of hydrogen-bond donors (Lipinski definition) is 0. The van der Waals surface area contributed by atoms with Crippen molar-refractivity contribution in [3.63, 3.8) is 0 Å². The summed E-state index contributed by atoms with van der Waals surface area (Å²) in [6, 6.07) is 10.1. The predicted octanol–water partition coefficient (Wildman–Crippen LogP) is 3.63. The van der Waals surface area contributed by atoms with Gasteiger partial charge < -0.3 is 9.42 Å². The summed E-state index contributed by atoms with van der Waals surface area (Å²) in [7, 11) is 0. The highest BCUT2D eigenvalue weighted by Crippen LogP contribution is 2.58. The number of carbonyl (C=O) groups is 1. The second-order valence-corrected chi connectivity index (χ2v) is 8.74. The van der Waals surface area contributed by atoms with Gasteiger partial charge in [0.2, 0.25) is 11.8 Å². The van der Waals surface area contributed by atoms with E-state index in [1.807, 2.05) is 34.9 Å². The standard InChI is InChI=1S/C18H21N3O2S/c1-17(2,3)16-19-15(23-20-16)13-11-24-18(10-9-14(22)21(13)18)12-7-5-4-6-8-12/h4-8,13H,9-11H2,1-3H3/t13-,18+/m1/s1. The number of fused-ring (bicyclic) bond motifs is 1. The normalized spacial score (nSPS) is 26.9. The number of thioether (sulfide) groups is 1. The summed E-state index contributed by atoms with van der Waals surface area (Å²) >= 11 is 1.81. The van der Waals surface area contributed by atoms with Crippen LogP contribution < -0.4 is 0 Å². The molecule has 2 aliphatic heterocycles. The molecule has 4 rings (SSSR count). The monoisotopic (exact) mass is 343 g/mol. The van der Waals surface area contributed by atoms with Crippen molar-refractivity contribution in [3.05, 3.63) is 47.6 Å². The Kier molecular flexibility index (Phi) is 3.49. The summed E-state index contributed by atoms with van der Waals surface area (Å²) in [6.45, 7) is 6.17. The first-order valence-corrected chi connectivity index (χ1v) is 9.26. The molecule has 2 fully saturated rings. The number of carbonyl (C=O) groups excluding carboxylic acids is 1. The quantitative estimate of drug-likeness (QED) is 0.833. The van der Waals surface area contributed by atoms with Crippen LogP contribution in [0.1, 0.15) is 56.9 Å². The molecule has 0 radical (unpaired) electrons. The van der Waals surface area contributed by atoms with Gasteiger partial charge in [0.05, 0.1) is 0 Å². The van der Waals surface area contributed by atoms with Crippen LogP contribution in [0.15, 0.2) is 34.9 Å². The van der Waals surface area contributed by atoms with Crippen LogP contribution in [0.2, 0.25) is 0 Å². The van der Waals surface area contributed by atoms with Crippen LogP contribution in [-0.4, -0.2) is 26.7 Å². The highest BCUT2D eigenvalue weighted by molar-refractivity contribution is 8.00. The number of hydrogen-bond acceptors (Lipinski definition) is 5. The maximum atomic E-state index is 12.6. The summed E-state index contributed by atoms with van der Waals surface area (Å²) in [4.78, 5) is 18.9. The van der Waals surface area contributed by atoms with E-state index in [0.29, 0.717) is 18.1 Å². The first kappa shape index (κ1) is 15.7. The minimum Gasteiger partial charge on any atom is -0.337 e. The van der Waals surface area contributed by atoms with Crippen LogP contribution in [0.5, 0.6) is 0 Å². The fraction of sp³-hybridized carbons (Fsp3) is 0.500. The summed E-state index contributed by atoms with van der Waals surface area (Å²) in [6.07, 6.45) is 1.40. The van der Waals surface area contributed by atoms with E-state index in [9.17, 15) is 4.79 Å². The average Bonchev–Trinajstić information content (AvgIpc) is 3.24. The lowest BCUT2D eigenvalue weighted by atomic mass is 9.96. The largest absolute Gasteiger partial charge is 0.337 e. The number of amides is 1. The molecule has 6 heteroatoms. The highest BCUT2D eigenvalue weighted by atomic mass is 32.2. The van der Waals surface area contributed by atoms with Crippen LogP contribution in [0.4, 0.5) is 0 Å². The van der Waals surface area contributed by atoms with Gasteiger partial charge in [-0.05, 0) is 12.0 Å². The molecule has 2 aliphatic rings. The molecule has 1 amide bonds. The van der Waals surface area contributed by atoms with Crippen LogP contribution in [0.25, 0.3) is 0 Å². The number of benzene rings is 1. The maximum Gasteiger partial charge on any atom is 0.250 e. The van der Waals surface area contributed by atoms with Crippen LogP contribution in [-0.2, 0) is 15.1 Å². The Balaban J connectivity index is 1.72. The summed E-state index contributed by atoms with van der Waals surface area (Å²) in [5, 5.41) is 4.13. The predicted molar refractivity (Wildman–Crippen MR) is 92.4 cm³/mol. The zero-order chi connectivity index (χ0) is 16.9. The number of rotatable bonds is 2. The Labute approximate surface area is 145 Å². The molecule has 24 heavy (non-hydrogen) atoms. The zero-order valence-corrected chi connectivity index (χ0v) is 15.0.